The Kier molecular flexibility index (Phi) is 10.8. The highest BCUT2D eigenvalue weighted by molar-refractivity contribution is 8.00. The molecule has 0 fully saturated rings. The van der Waals surface area contributed by atoms with E-state index in [1.54, 1.807) is 49.1 Å². The van der Waals surface area contributed by atoms with Gasteiger partial charge in [-0.1, -0.05) is 24.9 Å². The second-order valence-corrected chi connectivity index (χ2v) is 10.1. The minimum Gasteiger partial charge on any atom is -0.461 e. The molecule has 0 spiro atoms. The Morgan fingerprint density at radius 1 is 0.677 bits per heavy atom. The summed E-state index contributed by atoms with van der Waals surface area (Å²) in [6.45, 7) is 11.1. The Bertz CT molecular complexity index is 830. The number of benzene rings is 2. The third-order valence-electron chi connectivity index (χ3n) is 3.75. The molecule has 0 atom stereocenters. The zero-order valence-electron chi connectivity index (χ0n) is 17.7. The molecule has 0 radical (unpaired) electrons. The van der Waals surface area contributed by atoms with Crippen LogP contribution in [0.25, 0.3) is 0 Å². The van der Waals surface area contributed by atoms with Crippen molar-refractivity contribution in [2.24, 2.45) is 0 Å². The van der Waals surface area contributed by atoms with E-state index in [2.05, 4.69) is 61.7 Å². The molecule has 0 heterocycles. The first-order chi connectivity index (χ1) is 14.8. The van der Waals surface area contributed by atoms with Crippen LogP contribution in [0.1, 0.15) is 13.8 Å². The van der Waals surface area contributed by atoms with Gasteiger partial charge in [0, 0.05) is 42.2 Å². The molecule has 0 saturated carbocycles. The van der Waals surface area contributed by atoms with E-state index < -0.39 is 0 Å². The summed E-state index contributed by atoms with van der Waals surface area (Å²) < 4.78 is 10.2. The van der Waals surface area contributed by atoms with Crippen molar-refractivity contribution in [3.63, 3.8) is 0 Å². The summed E-state index contributed by atoms with van der Waals surface area (Å²) in [6, 6.07) is 16.6. The van der Waals surface area contributed by atoms with Crippen LogP contribution in [0, 0.1) is 0 Å². The molecule has 7 heteroatoms. The zero-order chi connectivity index (χ0) is 22.6. The van der Waals surface area contributed by atoms with Crippen LogP contribution in [0.2, 0.25) is 0 Å². The molecule has 0 aliphatic heterocycles. The maximum atomic E-state index is 11.4. The highest BCUT2D eigenvalue weighted by Crippen LogP contribution is 2.31. The third kappa shape index (κ3) is 9.72. The quantitative estimate of drug-likeness (QED) is 0.156. The first kappa shape index (κ1) is 25.2. The number of hydrogen-bond donors (Lipinski definition) is 0. The van der Waals surface area contributed by atoms with Gasteiger partial charge in [0.2, 0.25) is 0 Å². The van der Waals surface area contributed by atoms with E-state index >= 15 is 0 Å². The number of esters is 2. The molecule has 0 aliphatic carbocycles. The van der Waals surface area contributed by atoms with E-state index in [-0.39, 0.29) is 11.9 Å². The molecule has 31 heavy (non-hydrogen) atoms. The van der Waals surface area contributed by atoms with Crippen molar-refractivity contribution in [3.8, 4) is 0 Å². The normalized spacial score (nSPS) is 10.4. The van der Waals surface area contributed by atoms with E-state index in [4.69, 9.17) is 9.47 Å². The molecule has 2 aromatic rings. The smallest absolute Gasteiger partial charge is 0.333 e. The predicted molar refractivity (Wildman–Crippen MR) is 130 cm³/mol. The topological polar surface area (TPSA) is 52.6 Å². The average Bonchev–Trinajstić information content (AvgIpc) is 2.76. The Balaban J connectivity index is 1.72. The van der Waals surface area contributed by atoms with Crippen LogP contribution in [-0.2, 0) is 19.1 Å². The van der Waals surface area contributed by atoms with E-state index in [1.807, 2.05) is 0 Å². The molecule has 0 N–H and O–H groups in total. The average molecular weight is 475 g/mol. The molecule has 0 amide bonds. The van der Waals surface area contributed by atoms with Gasteiger partial charge in [0.05, 0.1) is 0 Å². The van der Waals surface area contributed by atoms with Crippen LogP contribution in [0.5, 0.6) is 0 Å². The minimum atomic E-state index is -0.344. The molecule has 0 unspecified atom stereocenters. The molecule has 164 valence electrons. The summed E-state index contributed by atoms with van der Waals surface area (Å²) in [5, 5.41) is 0. The van der Waals surface area contributed by atoms with E-state index in [1.165, 1.54) is 0 Å². The lowest BCUT2D eigenvalue weighted by Crippen LogP contribution is -2.07. The molecule has 4 nitrogen and oxygen atoms in total. The van der Waals surface area contributed by atoms with Crippen molar-refractivity contribution in [2.75, 3.05) is 24.7 Å². The number of hydrogen-bond acceptors (Lipinski definition) is 7. The molecule has 0 aromatic heterocycles. The Morgan fingerprint density at radius 3 is 1.32 bits per heavy atom. The van der Waals surface area contributed by atoms with E-state index in [0.717, 1.165) is 19.6 Å². The van der Waals surface area contributed by atoms with Crippen LogP contribution in [0.4, 0.5) is 0 Å². The zero-order valence-corrected chi connectivity index (χ0v) is 20.2. The second kappa shape index (κ2) is 13.3. The number of thioether (sulfide) groups is 2. The summed E-state index contributed by atoms with van der Waals surface area (Å²) in [5.74, 6) is 0.722. The first-order valence-corrected chi connectivity index (χ1v) is 12.4. The number of carbonyl (C=O) groups is 2. The monoisotopic (exact) mass is 474 g/mol. The van der Waals surface area contributed by atoms with Crippen molar-refractivity contribution in [1.29, 1.82) is 0 Å². The maximum absolute atomic E-state index is 11.4. The van der Waals surface area contributed by atoms with Crippen LogP contribution >= 0.6 is 35.3 Å². The summed E-state index contributed by atoms with van der Waals surface area (Å²) >= 11 is 5.00. The fraction of sp³-hybridized carbons (Fsp3) is 0.250. The SMILES string of the molecule is C=C(C)C(=O)OCCSc1ccc(Sc2ccc(SCCOC(=O)C(=C)C)cc2)cc1. The van der Waals surface area contributed by atoms with Gasteiger partial charge in [0.25, 0.3) is 0 Å². The fourth-order valence-electron chi connectivity index (χ4n) is 2.18. The largest absolute Gasteiger partial charge is 0.461 e. The molecule has 2 aromatic carbocycles. The number of ether oxygens (including phenoxy) is 2. The maximum Gasteiger partial charge on any atom is 0.333 e. The Labute approximate surface area is 196 Å². The van der Waals surface area contributed by atoms with Gasteiger partial charge in [-0.2, -0.15) is 0 Å². The molecule has 0 bridgehead atoms. The number of carbonyl (C=O) groups excluding carboxylic acids is 2. The van der Waals surface area contributed by atoms with E-state index in [9.17, 15) is 9.59 Å². The summed E-state index contributed by atoms with van der Waals surface area (Å²) in [7, 11) is 0. The molecule has 0 aliphatic rings. The van der Waals surface area contributed by atoms with Crippen LogP contribution in [0.15, 0.2) is 92.4 Å². The first-order valence-electron chi connectivity index (χ1n) is 9.64. The van der Waals surface area contributed by atoms with Crippen molar-refractivity contribution >= 4 is 47.2 Å². The summed E-state index contributed by atoms with van der Waals surface area (Å²) in [4.78, 5) is 27.3. The predicted octanol–water partition coefficient (Wildman–Crippen LogP) is 6.26. The third-order valence-corrected chi connectivity index (χ3v) is 6.72. The van der Waals surface area contributed by atoms with Crippen LogP contribution in [-0.4, -0.2) is 36.7 Å². The minimum absolute atomic E-state index is 0.344. The van der Waals surface area contributed by atoms with Crippen molar-refractivity contribution in [3.05, 3.63) is 72.8 Å². The number of rotatable bonds is 12. The lowest BCUT2D eigenvalue weighted by atomic mass is 10.4. The lowest BCUT2D eigenvalue weighted by molar-refractivity contribution is -0.139. The van der Waals surface area contributed by atoms with Gasteiger partial charge >= 0.3 is 11.9 Å². The van der Waals surface area contributed by atoms with E-state index in [0.29, 0.717) is 35.9 Å². The van der Waals surface area contributed by atoms with Crippen molar-refractivity contribution < 1.29 is 19.1 Å². The lowest BCUT2D eigenvalue weighted by Gasteiger charge is -2.07. The molecular formula is C24H26O4S3. The van der Waals surface area contributed by atoms with Crippen LogP contribution < -0.4 is 0 Å². The van der Waals surface area contributed by atoms with Gasteiger partial charge in [-0.05, 0) is 62.4 Å². The molecule has 0 saturated heterocycles. The van der Waals surface area contributed by atoms with Gasteiger partial charge < -0.3 is 9.47 Å². The van der Waals surface area contributed by atoms with Gasteiger partial charge in [-0.3, -0.25) is 0 Å². The summed E-state index contributed by atoms with van der Waals surface area (Å²) in [6.07, 6.45) is 0. The van der Waals surface area contributed by atoms with Gasteiger partial charge in [-0.25, -0.2) is 9.59 Å². The highest BCUT2D eigenvalue weighted by Gasteiger charge is 2.05. The van der Waals surface area contributed by atoms with Gasteiger partial charge in [0.1, 0.15) is 13.2 Å². The Morgan fingerprint density at radius 2 is 1.00 bits per heavy atom. The van der Waals surface area contributed by atoms with Gasteiger partial charge in [0.15, 0.2) is 0 Å². The Hall–Kier alpha value is -2.09. The van der Waals surface area contributed by atoms with Gasteiger partial charge in [-0.15, -0.1) is 23.5 Å². The van der Waals surface area contributed by atoms with Crippen molar-refractivity contribution in [2.45, 2.75) is 33.4 Å². The standard InChI is InChI=1S/C24H26O4S3/c1-17(2)23(25)27-13-15-29-19-5-9-21(10-6-19)31-22-11-7-20(8-12-22)30-16-14-28-24(26)18(3)4/h5-12H,1,3,13-16H2,2,4H3. The summed E-state index contributed by atoms with van der Waals surface area (Å²) in [5.41, 5.74) is 0.837. The fourth-order valence-corrected chi connectivity index (χ4v) is 4.46. The molecule has 2 rings (SSSR count). The van der Waals surface area contributed by atoms with Crippen LogP contribution in [0.3, 0.4) is 0 Å². The highest BCUT2D eigenvalue weighted by atomic mass is 32.2. The second-order valence-electron chi connectivity index (χ2n) is 6.57. The van der Waals surface area contributed by atoms with Crippen molar-refractivity contribution in [1.82, 2.24) is 0 Å². The molecular weight excluding hydrogens is 448 g/mol.